The summed E-state index contributed by atoms with van der Waals surface area (Å²) in [5, 5.41) is 8.76. The van der Waals surface area contributed by atoms with Gasteiger partial charge in [-0.3, -0.25) is 38.1 Å². The third kappa shape index (κ3) is 7.97. The van der Waals surface area contributed by atoms with Gasteiger partial charge in [0.25, 0.3) is 5.91 Å². The molecule has 17 heteroatoms. The molecule has 342 valence electrons. The van der Waals surface area contributed by atoms with Crippen molar-refractivity contribution in [2.24, 2.45) is 18.9 Å². The number of nitrogens with one attached hydrogen (secondary N) is 3. The van der Waals surface area contributed by atoms with Crippen LogP contribution in [0.15, 0.2) is 78.0 Å². The van der Waals surface area contributed by atoms with Gasteiger partial charge in [0.1, 0.15) is 23.3 Å². The van der Waals surface area contributed by atoms with Crippen LogP contribution in [0.4, 0.5) is 27.3 Å². The van der Waals surface area contributed by atoms with E-state index in [0.717, 1.165) is 118 Å². The van der Waals surface area contributed by atoms with Crippen LogP contribution in [0.25, 0.3) is 27.9 Å². The Balaban J connectivity index is 0.632. The molecule has 0 bridgehead atoms. The summed E-state index contributed by atoms with van der Waals surface area (Å²) in [5.41, 5.74) is 7.76. The summed E-state index contributed by atoms with van der Waals surface area (Å²) in [7, 11) is 1.73. The monoisotopic (exact) mass is 894 g/mol. The molecule has 1 unspecified atom stereocenters. The summed E-state index contributed by atoms with van der Waals surface area (Å²) in [6.45, 7) is 10.8. The quantitative estimate of drug-likeness (QED) is 0.161. The van der Waals surface area contributed by atoms with Gasteiger partial charge in [-0.05, 0) is 105 Å². The van der Waals surface area contributed by atoms with E-state index in [1.54, 1.807) is 28.6 Å². The normalized spacial score (nSPS) is 20.3. The van der Waals surface area contributed by atoms with Crippen molar-refractivity contribution in [3.05, 3.63) is 101 Å². The fourth-order valence-electron chi connectivity index (χ4n) is 11.1. The first-order valence-corrected chi connectivity index (χ1v) is 23.4. The fraction of sp³-hybridized carbons (Fsp3) is 0.429. The largest absolute Gasteiger partial charge is 0.370 e. The van der Waals surface area contributed by atoms with Gasteiger partial charge in [0.2, 0.25) is 11.8 Å². The minimum Gasteiger partial charge on any atom is -0.370 e. The summed E-state index contributed by atoms with van der Waals surface area (Å²) >= 11 is 0. The maximum absolute atomic E-state index is 13.8. The maximum atomic E-state index is 13.8. The van der Waals surface area contributed by atoms with Gasteiger partial charge in [0.05, 0.1) is 46.1 Å². The lowest BCUT2D eigenvalue weighted by Gasteiger charge is -2.41. The molecule has 3 N–H and O–H groups in total. The van der Waals surface area contributed by atoms with Gasteiger partial charge in [0, 0.05) is 95.9 Å². The second-order valence-corrected chi connectivity index (χ2v) is 18.8. The highest BCUT2D eigenvalue weighted by Gasteiger charge is 2.33. The smallest absolute Gasteiger partial charge is 0.329 e. The Bertz CT molecular complexity index is 2900. The number of carbonyl (C=O) groups is 3. The molecule has 0 spiro atoms. The highest BCUT2D eigenvalue weighted by molar-refractivity contribution is 6.06. The van der Waals surface area contributed by atoms with Crippen LogP contribution in [0.3, 0.4) is 0 Å². The lowest BCUT2D eigenvalue weighted by molar-refractivity contribution is -0.135. The van der Waals surface area contributed by atoms with Gasteiger partial charge in [-0.25, -0.2) is 19.2 Å². The second-order valence-electron chi connectivity index (χ2n) is 18.8. The predicted octanol–water partition coefficient (Wildman–Crippen LogP) is 4.90. The third-order valence-electron chi connectivity index (χ3n) is 14.8. The summed E-state index contributed by atoms with van der Waals surface area (Å²) in [5.74, 6) is 0.871. The number of hydrogen-bond acceptors (Lipinski definition) is 11. The van der Waals surface area contributed by atoms with Crippen LogP contribution in [-0.2, 0) is 23.2 Å². The number of carbonyl (C=O) groups excluding carboxylic acids is 3. The molecule has 4 fully saturated rings. The fourth-order valence-corrected chi connectivity index (χ4v) is 11.1. The van der Waals surface area contributed by atoms with E-state index in [2.05, 4.69) is 52.7 Å². The zero-order chi connectivity index (χ0) is 45.1. The number of amides is 3. The molecule has 1 atom stereocenters. The number of imide groups is 1. The molecule has 0 radical (unpaired) electrons. The van der Waals surface area contributed by atoms with E-state index in [0.29, 0.717) is 47.5 Å². The number of fused-ring (bicyclic) bond motifs is 3. The Morgan fingerprint density at radius 2 is 1.47 bits per heavy atom. The Morgan fingerprint density at radius 3 is 2.21 bits per heavy atom. The molecule has 5 aliphatic heterocycles. The van der Waals surface area contributed by atoms with Crippen molar-refractivity contribution < 1.29 is 18.8 Å². The minimum atomic E-state index is -0.691. The van der Waals surface area contributed by atoms with Gasteiger partial charge in [-0.1, -0.05) is 6.07 Å². The zero-order valence-electron chi connectivity index (χ0n) is 37.2. The number of piperazine rings is 1. The van der Waals surface area contributed by atoms with Gasteiger partial charge in [-0.2, -0.15) is 0 Å². The van der Waals surface area contributed by atoms with Crippen LogP contribution in [0.2, 0.25) is 0 Å². The molecule has 16 nitrogen and oxygen atoms in total. The van der Waals surface area contributed by atoms with E-state index in [-0.39, 0.29) is 29.7 Å². The highest BCUT2D eigenvalue weighted by atomic mass is 19.1. The number of pyridine rings is 2. The number of likely N-dealkylation sites (tertiary alicyclic amines) is 1. The lowest BCUT2D eigenvalue weighted by Crippen LogP contribution is -2.49. The summed E-state index contributed by atoms with van der Waals surface area (Å²) in [6, 6.07) is 16.2. The van der Waals surface area contributed by atoms with Gasteiger partial charge >= 0.3 is 5.69 Å². The lowest BCUT2D eigenvalue weighted by atomic mass is 9.92. The molecular formula is C49H55FN12O4. The van der Waals surface area contributed by atoms with Gasteiger partial charge in [-0.15, -0.1) is 0 Å². The molecule has 9 heterocycles. The zero-order valence-corrected chi connectivity index (χ0v) is 37.2. The van der Waals surface area contributed by atoms with Crippen LogP contribution >= 0.6 is 0 Å². The molecule has 11 rings (SSSR count). The van der Waals surface area contributed by atoms with Crippen molar-refractivity contribution in [2.75, 3.05) is 80.6 Å². The van der Waals surface area contributed by atoms with Gasteiger partial charge in [0.15, 0.2) is 0 Å². The number of rotatable bonds is 10. The molecule has 0 aliphatic carbocycles. The average Bonchev–Trinajstić information content (AvgIpc) is 4.01. The predicted molar refractivity (Wildman–Crippen MR) is 251 cm³/mol. The summed E-state index contributed by atoms with van der Waals surface area (Å²) < 4.78 is 18.8. The van der Waals surface area contributed by atoms with Crippen molar-refractivity contribution in [3.8, 4) is 11.3 Å². The number of anilines is 4. The maximum Gasteiger partial charge on any atom is 0.329 e. The molecule has 66 heavy (non-hydrogen) atoms. The minimum absolute atomic E-state index is 0.143. The number of benzene rings is 2. The molecule has 4 aromatic heterocycles. The van der Waals surface area contributed by atoms with Crippen molar-refractivity contribution in [3.63, 3.8) is 0 Å². The first-order valence-electron chi connectivity index (χ1n) is 23.4. The van der Waals surface area contributed by atoms with E-state index in [1.807, 2.05) is 40.9 Å². The Hall–Kier alpha value is -6.59. The molecule has 2 aromatic carbocycles. The molecule has 0 saturated carbocycles. The molecule has 5 aliphatic rings. The molecule has 3 amide bonds. The number of imidazole rings is 2. The number of hydrogen-bond donors (Lipinski definition) is 3. The third-order valence-corrected chi connectivity index (χ3v) is 14.8. The van der Waals surface area contributed by atoms with E-state index >= 15 is 0 Å². The van der Waals surface area contributed by atoms with Gasteiger partial charge < -0.3 is 25.3 Å². The number of aryl methyl sites for hydroxylation is 1. The second kappa shape index (κ2) is 17.3. The topological polar surface area (TPSA) is 157 Å². The Labute approximate surface area is 381 Å². The highest BCUT2D eigenvalue weighted by Crippen LogP contribution is 2.36. The van der Waals surface area contributed by atoms with Crippen molar-refractivity contribution in [1.29, 1.82) is 0 Å². The summed E-state index contributed by atoms with van der Waals surface area (Å²) in [6.07, 6.45) is 10.6. The van der Waals surface area contributed by atoms with E-state index in [4.69, 9.17) is 4.98 Å². The molecule has 4 saturated heterocycles. The number of aromatic nitrogens is 5. The van der Waals surface area contributed by atoms with Crippen LogP contribution in [0.1, 0.15) is 60.5 Å². The summed E-state index contributed by atoms with van der Waals surface area (Å²) in [4.78, 5) is 70.1. The van der Waals surface area contributed by atoms with E-state index < -0.39 is 11.9 Å². The number of halogens is 1. The molecular weight excluding hydrogens is 840 g/mol. The first-order chi connectivity index (χ1) is 32.1. The average molecular weight is 895 g/mol. The Kier molecular flexibility index (Phi) is 11.0. The first kappa shape index (κ1) is 42.1. The van der Waals surface area contributed by atoms with Crippen LogP contribution in [0.5, 0.6) is 0 Å². The SMILES string of the molecule is Cn1c(=O)n(C2CCC(=O)NC2=O)c2cc(N3CCN(CC4CCN(CC5CCN(c6ccc(Nc7ccc(-c8cnc9cc(F)ccn89)c8c7C(=O)NC8)nc6)CC5)CC4)CC3)ccc21. The van der Waals surface area contributed by atoms with Crippen LogP contribution < -0.4 is 31.4 Å². The van der Waals surface area contributed by atoms with E-state index in [1.165, 1.54) is 25.0 Å². The van der Waals surface area contributed by atoms with Crippen LogP contribution in [-0.4, -0.2) is 116 Å². The van der Waals surface area contributed by atoms with Crippen LogP contribution in [0, 0.1) is 17.7 Å². The van der Waals surface area contributed by atoms with E-state index in [9.17, 15) is 23.6 Å². The van der Waals surface area contributed by atoms with Crippen molar-refractivity contribution in [2.45, 2.75) is 51.1 Å². The molecule has 6 aromatic rings. The number of nitrogens with zero attached hydrogens (tertiary/aromatic N) is 9. The standard InChI is InChI=1S/C49H55FN12O4/c1-56-39-6-2-34(25-41(39)62(49(56)66)40-7-9-45(63)55-47(40)64)60-22-20-58(21-23-60)30-31-10-15-57(16-11-31)29-32-12-17-59(18-13-32)35-3-8-43(51-26-35)54-38-5-4-36(37-27-53-48(65)46(37)38)42-28-52-44-24-33(50)14-19-61(42)44/h2-6,8,14,19,24-26,28,31-32,40H,7,9-13,15-18,20-23,27,29-30H2,1H3,(H,51,54)(H,53,65)(H,55,63,64). The number of piperidine rings is 3. The van der Waals surface area contributed by atoms with Crippen molar-refractivity contribution in [1.82, 2.24) is 43.9 Å². The Morgan fingerprint density at radius 1 is 0.742 bits per heavy atom. The van der Waals surface area contributed by atoms with Crippen molar-refractivity contribution >= 4 is 57.3 Å².